The zero-order chi connectivity index (χ0) is 13.2. The molecule has 1 amide bonds. The van der Waals surface area contributed by atoms with E-state index in [1.807, 2.05) is 17.0 Å². The van der Waals surface area contributed by atoms with Gasteiger partial charge in [-0.25, -0.2) is 0 Å². The minimum absolute atomic E-state index is 0.245. The molecule has 0 bridgehead atoms. The van der Waals surface area contributed by atoms with Crippen LogP contribution < -0.4 is 5.32 Å². The minimum atomic E-state index is 0.245. The lowest BCUT2D eigenvalue weighted by Crippen LogP contribution is -2.38. The molecule has 1 aromatic carbocycles. The lowest BCUT2D eigenvalue weighted by molar-refractivity contribution is -0.131. The first-order valence-corrected chi connectivity index (χ1v) is 7.81. The van der Waals surface area contributed by atoms with Crippen LogP contribution in [0.25, 0.3) is 0 Å². The lowest BCUT2D eigenvalue weighted by atomic mass is 10.0. The zero-order valence-corrected chi connectivity index (χ0v) is 12.5. The van der Waals surface area contributed by atoms with Crippen LogP contribution in [0, 0.1) is 0 Å². The minimum Gasteiger partial charge on any atom is -0.335 e. The van der Waals surface area contributed by atoms with E-state index in [1.54, 1.807) is 0 Å². The molecule has 1 aliphatic carbocycles. The number of benzene rings is 1. The molecular formula is C15H19BrN2O. The Labute approximate surface area is 122 Å². The number of carbonyl (C=O) groups is 1. The molecule has 1 N–H and O–H groups in total. The van der Waals surface area contributed by atoms with Crippen molar-refractivity contribution in [1.82, 2.24) is 10.2 Å². The van der Waals surface area contributed by atoms with Crippen LogP contribution in [0.2, 0.25) is 0 Å². The van der Waals surface area contributed by atoms with E-state index in [2.05, 4.69) is 33.4 Å². The molecule has 1 atom stereocenters. The molecule has 1 saturated carbocycles. The average molecular weight is 323 g/mol. The Hall–Kier alpha value is -0.870. The second-order valence-electron chi connectivity index (χ2n) is 5.46. The highest BCUT2D eigenvalue weighted by atomic mass is 79.9. The fourth-order valence-corrected chi connectivity index (χ4v) is 3.16. The third kappa shape index (κ3) is 3.18. The summed E-state index contributed by atoms with van der Waals surface area (Å²) >= 11 is 3.51. The number of hydrogen-bond acceptors (Lipinski definition) is 2. The van der Waals surface area contributed by atoms with E-state index in [0.717, 1.165) is 23.9 Å². The second kappa shape index (κ2) is 5.63. The van der Waals surface area contributed by atoms with Crippen molar-refractivity contribution >= 4 is 21.8 Å². The Morgan fingerprint density at radius 3 is 2.95 bits per heavy atom. The molecule has 1 saturated heterocycles. The summed E-state index contributed by atoms with van der Waals surface area (Å²) in [6.07, 6.45) is 4.63. The predicted molar refractivity (Wildman–Crippen MR) is 78.9 cm³/mol. The number of likely N-dealkylation sites (tertiary alicyclic amines) is 1. The van der Waals surface area contributed by atoms with Gasteiger partial charge in [-0.1, -0.05) is 28.1 Å². The topological polar surface area (TPSA) is 32.3 Å². The number of halogens is 1. The summed E-state index contributed by atoms with van der Waals surface area (Å²) in [4.78, 5) is 14.3. The smallest absolute Gasteiger partial charge is 0.237 e. The molecule has 102 valence electrons. The summed E-state index contributed by atoms with van der Waals surface area (Å²) < 4.78 is 1.08. The van der Waals surface area contributed by atoms with Gasteiger partial charge in [0.2, 0.25) is 5.91 Å². The van der Waals surface area contributed by atoms with E-state index in [-0.39, 0.29) is 11.9 Å². The van der Waals surface area contributed by atoms with Crippen LogP contribution in [-0.2, 0) is 4.79 Å². The van der Waals surface area contributed by atoms with Crippen LogP contribution in [-0.4, -0.2) is 29.9 Å². The van der Waals surface area contributed by atoms with Gasteiger partial charge in [0.05, 0.1) is 12.6 Å². The highest BCUT2D eigenvalue weighted by molar-refractivity contribution is 9.10. The molecule has 2 fully saturated rings. The van der Waals surface area contributed by atoms with Crippen LogP contribution in [0.5, 0.6) is 0 Å². The molecule has 3 nitrogen and oxygen atoms in total. The third-order valence-corrected chi connectivity index (χ3v) is 4.42. The molecule has 1 unspecified atom stereocenters. The molecule has 3 rings (SSSR count). The number of nitrogens with zero attached hydrogens (tertiary/aromatic N) is 1. The van der Waals surface area contributed by atoms with Gasteiger partial charge in [-0.2, -0.15) is 0 Å². The molecular weight excluding hydrogens is 304 g/mol. The van der Waals surface area contributed by atoms with Crippen LogP contribution in [0.1, 0.15) is 37.3 Å². The third-order valence-electron chi connectivity index (χ3n) is 3.93. The maximum Gasteiger partial charge on any atom is 0.237 e. The summed E-state index contributed by atoms with van der Waals surface area (Å²) in [6.45, 7) is 1.39. The predicted octanol–water partition coefficient (Wildman–Crippen LogP) is 2.86. The van der Waals surface area contributed by atoms with Gasteiger partial charge in [-0.3, -0.25) is 4.79 Å². The van der Waals surface area contributed by atoms with Crippen LogP contribution in [0.3, 0.4) is 0 Å². The number of rotatable bonds is 4. The van der Waals surface area contributed by atoms with E-state index < -0.39 is 0 Å². The van der Waals surface area contributed by atoms with Crippen molar-refractivity contribution in [3.63, 3.8) is 0 Å². The summed E-state index contributed by atoms with van der Waals surface area (Å²) in [5.74, 6) is 0.245. The van der Waals surface area contributed by atoms with Crippen molar-refractivity contribution in [2.75, 3.05) is 13.1 Å². The van der Waals surface area contributed by atoms with Gasteiger partial charge in [0.15, 0.2) is 0 Å². The first-order valence-electron chi connectivity index (χ1n) is 7.02. The Balaban J connectivity index is 1.67. The molecule has 1 aromatic rings. The number of hydrogen-bond donors (Lipinski definition) is 1. The molecule has 1 aliphatic heterocycles. The fraction of sp³-hybridized carbons (Fsp3) is 0.533. The molecule has 0 spiro atoms. The van der Waals surface area contributed by atoms with E-state index in [4.69, 9.17) is 0 Å². The maximum atomic E-state index is 12.3. The summed E-state index contributed by atoms with van der Waals surface area (Å²) in [5, 5.41) is 3.32. The van der Waals surface area contributed by atoms with Crippen LogP contribution >= 0.6 is 15.9 Å². The van der Waals surface area contributed by atoms with Gasteiger partial charge in [0.25, 0.3) is 0 Å². The van der Waals surface area contributed by atoms with Gasteiger partial charge >= 0.3 is 0 Å². The van der Waals surface area contributed by atoms with Crippen molar-refractivity contribution in [3.8, 4) is 0 Å². The van der Waals surface area contributed by atoms with E-state index in [1.165, 1.54) is 18.4 Å². The molecule has 19 heavy (non-hydrogen) atoms. The standard InChI is InChI=1S/C15H19BrN2O/c16-12-4-1-3-11(9-12)14-5-2-8-18(14)15(19)10-17-13-6-7-13/h1,3-4,9,13-14,17H,2,5-8,10H2. The van der Waals surface area contributed by atoms with Crippen LogP contribution in [0.15, 0.2) is 28.7 Å². The first-order chi connectivity index (χ1) is 9.24. The van der Waals surface area contributed by atoms with Crippen molar-refractivity contribution in [1.29, 1.82) is 0 Å². The average Bonchev–Trinajstić information content (AvgIpc) is 3.10. The van der Waals surface area contributed by atoms with Gasteiger partial charge in [-0.05, 0) is 43.4 Å². The molecule has 4 heteroatoms. The summed E-state index contributed by atoms with van der Waals surface area (Å²) in [5.41, 5.74) is 1.24. The largest absolute Gasteiger partial charge is 0.335 e. The zero-order valence-electron chi connectivity index (χ0n) is 10.9. The highest BCUT2D eigenvalue weighted by Gasteiger charge is 2.30. The monoisotopic (exact) mass is 322 g/mol. The van der Waals surface area contributed by atoms with E-state index in [0.29, 0.717) is 12.6 Å². The van der Waals surface area contributed by atoms with Crippen molar-refractivity contribution in [2.45, 2.75) is 37.8 Å². The Bertz CT molecular complexity index is 473. The Morgan fingerprint density at radius 1 is 1.37 bits per heavy atom. The summed E-state index contributed by atoms with van der Waals surface area (Å²) in [6, 6.07) is 9.17. The molecule has 1 heterocycles. The van der Waals surface area contributed by atoms with Gasteiger partial charge < -0.3 is 10.2 Å². The van der Waals surface area contributed by atoms with Gasteiger partial charge in [-0.15, -0.1) is 0 Å². The number of carbonyl (C=O) groups excluding carboxylic acids is 1. The van der Waals surface area contributed by atoms with Crippen molar-refractivity contribution < 1.29 is 4.79 Å². The van der Waals surface area contributed by atoms with Crippen molar-refractivity contribution in [2.24, 2.45) is 0 Å². The van der Waals surface area contributed by atoms with E-state index in [9.17, 15) is 4.79 Å². The quantitative estimate of drug-likeness (QED) is 0.924. The molecule has 0 radical (unpaired) electrons. The normalized spacial score (nSPS) is 22.8. The van der Waals surface area contributed by atoms with Gasteiger partial charge in [0, 0.05) is 17.1 Å². The van der Waals surface area contributed by atoms with Crippen molar-refractivity contribution in [3.05, 3.63) is 34.3 Å². The first kappa shape index (κ1) is 13.1. The molecule has 2 aliphatic rings. The maximum absolute atomic E-state index is 12.3. The Morgan fingerprint density at radius 2 is 2.21 bits per heavy atom. The summed E-state index contributed by atoms with van der Waals surface area (Å²) in [7, 11) is 0. The fourth-order valence-electron chi connectivity index (χ4n) is 2.75. The van der Waals surface area contributed by atoms with Gasteiger partial charge in [0.1, 0.15) is 0 Å². The number of amides is 1. The van der Waals surface area contributed by atoms with E-state index >= 15 is 0 Å². The molecule has 0 aromatic heterocycles. The second-order valence-corrected chi connectivity index (χ2v) is 6.37. The van der Waals surface area contributed by atoms with Crippen LogP contribution in [0.4, 0.5) is 0 Å². The Kier molecular flexibility index (Phi) is 3.89. The lowest BCUT2D eigenvalue weighted by Gasteiger charge is -2.25. The number of nitrogens with one attached hydrogen (secondary N) is 1. The highest BCUT2D eigenvalue weighted by Crippen LogP contribution is 2.33. The SMILES string of the molecule is O=C(CNC1CC1)N1CCCC1c1cccc(Br)c1.